The molecule has 2 N–H and O–H groups in total. The molecule has 1 saturated heterocycles. The molecule has 2 aliphatic heterocycles. The third-order valence-corrected chi connectivity index (χ3v) is 6.07. The number of nitrogens with zero attached hydrogens (tertiary/aromatic N) is 1. The van der Waals surface area contributed by atoms with Gasteiger partial charge in [-0.15, -0.1) is 0 Å². The van der Waals surface area contributed by atoms with Gasteiger partial charge in [-0.2, -0.15) is 13.2 Å². The number of fused-ring (bicyclic) bond motifs is 1. The molecule has 0 aromatic heterocycles. The van der Waals surface area contributed by atoms with Crippen molar-refractivity contribution in [2.75, 3.05) is 25.2 Å². The van der Waals surface area contributed by atoms with E-state index in [-0.39, 0.29) is 31.5 Å². The molecule has 2 aromatic carbocycles. The first-order valence-electron chi connectivity index (χ1n) is 10.5. The SMILES string of the molecule is CC1(C(=O)NCc2ccc3c(c2)OCO3)CCN(C(=O)Nc2ccccc2C(F)(F)F)CC1. The zero-order valence-corrected chi connectivity index (χ0v) is 18.0. The van der Waals surface area contributed by atoms with E-state index in [1.165, 1.54) is 23.1 Å². The molecular formula is C23H24F3N3O4. The molecule has 0 spiro atoms. The van der Waals surface area contributed by atoms with Gasteiger partial charge in [0.05, 0.1) is 11.3 Å². The molecule has 1 fully saturated rings. The number of nitrogens with one attached hydrogen (secondary N) is 2. The molecule has 0 unspecified atom stereocenters. The third-order valence-electron chi connectivity index (χ3n) is 6.07. The lowest BCUT2D eigenvalue weighted by Crippen LogP contribution is -2.49. The van der Waals surface area contributed by atoms with Crippen molar-refractivity contribution >= 4 is 17.6 Å². The van der Waals surface area contributed by atoms with Gasteiger partial charge < -0.3 is 25.0 Å². The maximum absolute atomic E-state index is 13.2. The van der Waals surface area contributed by atoms with Crippen molar-refractivity contribution in [1.29, 1.82) is 0 Å². The highest BCUT2D eigenvalue weighted by Crippen LogP contribution is 2.36. The second kappa shape index (κ2) is 8.84. The first kappa shape index (κ1) is 22.8. The summed E-state index contributed by atoms with van der Waals surface area (Å²) in [6.07, 6.45) is -3.77. The Labute approximate surface area is 188 Å². The highest BCUT2D eigenvalue weighted by atomic mass is 19.4. The predicted octanol–water partition coefficient (Wildman–Crippen LogP) is 4.38. The summed E-state index contributed by atoms with van der Waals surface area (Å²) in [7, 11) is 0. The first-order chi connectivity index (χ1) is 15.7. The molecule has 0 aliphatic carbocycles. The number of anilines is 1. The molecule has 0 radical (unpaired) electrons. The van der Waals surface area contributed by atoms with Crippen LogP contribution in [0.2, 0.25) is 0 Å². The third kappa shape index (κ3) is 4.99. The molecule has 2 heterocycles. The molecule has 3 amide bonds. The van der Waals surface area contributed by atoms with Crippen LogP contribution in [0, 0.1) is 5.41 Å². The maximum Gasteiger partial charge on any atom is 0.418 e. The number of likely N-dealkylation sites (tertiary alicyclic amines) is 1. The summed E-state index contributed by atoms with van der Waals surface area (Å²) in [5, 5.41) is 5.28. The van der Waals surface area contributed by atoms with Crippen molar-refractivity contribution in [1.82, 2.24) is 10.2 Å². The molecule has 2 aliphatic rings. The summed E-state index contributed by atoms with van der Waals surface area (Å²) in [6, 6.07) is 9.69. The van der Waals surface area contributed by atoms with Gasteiger partial charge in [0.1, 0.15) is 0 Å². The molecule has 0 bridgehead atoms. The van der Waals surface area contributed by atoms with Crippen LogP contribution in [0.15, 0.2) is 42.5 Å². The van der Waals surface area contributed by atoms with Crippen molar-refractivity contribution < 1.29 is 32.2 Å². The van der Waals surface area contributed by atoms with Crippen LogP contribution in [0.5, 0.6) is 11.5 Å². The van der Waals surface area contributed by atoms with Crippen molar-refractivity contribution in [2.45, 2.75) is 32.5 Å². The number of urea groups is 1. The predicted molar refractivity (Wildman–Crippen MR) is 114 cm³/mol. The zero-order valence-electron chi connectivity index (χ0n) is 18.0. The second-order valence-electron chi connectivity index (χ2n) is 8.39. The van der Waals surface area contributed by atoms with Crippen LogP contribution >= 0.6 is 0 Å². The van der Waals surface area contributed by atoms with E-state index >= 15 is 0 Å². The Kier molecular flexibility index (Phi) is 6.09. The van der Waals surface area contributed by atoms with E-state index in [4.69, 9.17) is 9.47 Å². The Bertz CT molecular complexity index is 1050. The molecule has 4 rings (SSSR count). The van der Waals surface area contributed by atoms with E-state index in [0.717, 1.165) is 11.6 Å². The lowest BCUT2D eigenvalue weighted by atomic mass is 9.79. The number of rotatable bonds is 4. The van der Waals surface area contributed by atoms with Crippen LogP contribution in [-0.2, 0) is 17.5 Å². The Balaban J connectivity index is 1.31. The number of piperidine rings is 1. The van der Waals surface area contributed by atoms with Gasteiger partial charge in [-0.3, -0.25) is 4.79 Å². The van der Waals surface area contributed by atoms with Crippen LogP contribution in [0.3, 0.4) is 0 Å². The number of carbonyl (C=O) groups excluding carboxylic acids is 2. The van der Waals surface area contributed by atoms with E-state index in [2.05, 4.69) is 10.6 Å². The van der Waals surface area contributed by atoms with Gasteiger partial charge in [0.15, 0.2) is 11.5 Å². The maximum atomic E-state index is 13.2. The molecule has 0 saturated carbocycles. The van der Waals surface area contributed by atoms with E-state index in [1.807, 2.05) is 19.1 Å². The number of ether oxygens (including phenoxy) is 2. The number of alkyl halides is 3. The number of hydrogen-bond acceptors (Lipinski definition) is 4. The fourth-order valence-electron chi connectivity index (χ4n) is 3.91. The Hall–Kier alpha value is -3.43. The number of halogens is 3. The standard InChI is InChI=1S/C23H24F3N3O4/c1-22(20(30)27-13-15-6-7-18-19(12-15)33-14-32-18)8-10-29(11-9-22)21(31)28-17-5-3-2-4-16(17)23(24,25)26/h2-7,12H,8-11,13-14H2,1H3,(H,27,30)(H,28,31). The normalized spacial score (nSPS) is 16.9. The number of hydrogen-bond donors (Lipinski definition) is 2. The second-order valence-corrected chi connectivity index (χ2v) is 8.39. The summed E-state index contributed by atoms with van der Waals surface area (Å²) in [6.45, 7) is 2.84. The molecule has 0 atom stereocenters. The zero-order chi connectivity index (χ0) is 23.6. The van der Waals surface area contributed by atoms with Crippen molar-refractivity contribution in [2.24, 2.45) is 5.41 Å². The lowest BCUT2D eigenvalue weighted by Gasteiger charge is -2.38. The Morgan fingerprint density at radius 3 is 2.48 bits per heavy atom. The van der Waals surface area contributed by atoms with Gasteiger partial charge in [-0.25, -0.2) is 4.79 Å². The van der Waals surface area contributed by atoms with E-state index < -0.39 is 23.2 Å². The number of para-hydroxylation sites is 1. The van der Waals surface area contributed by atoms with E-state index in [0.29, 0.717) is 30.9 Å². The fourth-order valence-corrected chi connectivity index (χ4v) is 3.91. The van der Waals surface area contributed by atoms with E-state index in [9.17, 15) is 22.8 Å². The summed E-state index contributed by atoms with van der Waals surface area (Å²) >= 11 is 0. The first-order valence-corrected chi connectivity index (χ1v) is 10.5. The molecule has 33 heavy (non-hydrogen) atoms. The van der Waals surface area contributed by atoms with Gasteiger partial charge in [0.25, 0.3) is 0 Å². The highest BCUT2D eigenvalue weighted by molar-refractivity contribution is 5.90. The van der Waals surface area contributed by atoms with Gasteiger partial charge in [-0.05, 0) is 42.7 Å². The van der Waals surface area contributed by atoms with Crippen LogP contribution in [0.4, 0.5) is 23.7 Å². The van der Waals surface area contributed by atoms with Crippen LogP contribution in [0.1, 0.15) is 30.9 Å². The minimum Gasteiger partial charge on any atom is -0.454 e. The largest absolute Gasteiger partial charge is 0.454 e. The van der Waals surface area contributed by atoms with E-state index in [1.54, 1.807) is 6.07 Å². The molecule has 7 nitrogen and oxygen atoms in total. The van der Waals surface area contributed by atoms with Crippen molar-refractivity contribution in [3.8, 4) is 11.5 Å². The molecule has 176 valence electrons. The number of amides is 3. The van der Waals surface area contributed by atoms with Crippen LogP contribution < -0.4 is 20.1 Å². The van der Waals surface area contributed by atoms with Crippen molar-refractivity contribution in [3.05, 3.63) is 53.6 Å². The molecule has 2 aromatic rings. The van der Waals surface area contributed by atoms with Crippen molar-refractivity contribution in [3.63, 3.8) is 0 Å². The smallest absolute Gasteiger partial charge is 0.418 e. The summed E-state index contributed by atoms with van der Waals surface area (Å²) in [5.74, 6) is 1.17. The highest BCUT2D eigenvalue weighted by Gasteiger charge is 2.39. The lowest BCUT2D eigenvalue weighted by molar-refractivity contribution is -0.137. The molecular weight excluding hydrogens is 439 g/mol. The minimum atomic E-state index is -4.57. The number of benzene rings is 2. The van der Waals surface area contributed by atoms with Gasteiger partial charge in [0.2, 0.25) is 12.7 Å². The fraction of sp³-hybridized carbons (Fsp3) is 0.391. The average molecular weight is 463 g/mol. The topological polar surface area (TPSA) is 79.9 Å². The van der Waals surface area contributed by atoms with Crippen LogP contribution in [0.25, 0.3) is 0 Å². The quantitative estimate of drug-likeness (QED) is 0.705. The van der Waals surface area contributed by atoms with Gasteiger partial charge in [0, 0.05) is 25.0 Å². The van der Waals surface area contributed by atoms with Crippen LogP contribution in [-0.4, -0.2) is 36.7 Å². The number of carbonyl (C=O) groups is 2. The average Bonchev–Trinajstić information content (AvgIpc) is 3.25. The molecule has 10 heteroatoms. The minimum absolute atomic E-state index is 0.136. The Morgan fingerprint density at radius 1 is 1.06 bits per heavy atom. The Morgan fingerprint density at radius 2 is 1.76 bits per heavy atom. The summed E-state index contributed by atoms with van der Waals surface area (Å²) < 4.78 is 50.1. The summed E-state index contributed by atoms with van der Waals surface area (Å²) in [4.78, 5) is 26.8. The monoisotopic (exact) mass is 463 g/mol. The summed E-state index contributed by atoms with van der Waals surface area (Å²) in [5.41, 5.74) is -0.999. The van der Waals surface area contributed by atoms with Gasteiger partial charge >= 0.3 is 12.2 Å². The van der Waals surface area contributed by atoms with Gasteiger partial charge in [-0.1, -0.05) is 25.1 Å².